The van der Waals surface area contributed by atoms with Crippen LogP contribution in [0.2, 0.25) is 0 Å². The van der Waals surface area contributed by atoms with Crippen molar-refractivity contribution < 1.29 is 42.3 Å². The molecule has 63 heavy (non-hydrogen) atoms. The van der Waals surface area contributed by atoms with Gasteiger partial charge in [0.2, 0.25) is 17.7 Å². The van der Waals surface area contributed by atoms with Crippen LogP contribution in [-0.4, -0.2) is 110 Å². The number of benzene rings is 2. The number of alkyl halides is 2. The Labute approximate surface area is 359 Å². The number of ether oxygens (including phenoxy) is 1. The van der Waals surface area contributed by atoms with E-state index in [-0.39, 0.29) is 71.3 Å². The fraction of sp³-hybridized carbons (Fsp3) is 0.364. The third-order valence-corrected chi connectivity index (χ3v) is 12.3. The van der Waals surface area contributed by atoms with Crippen LogP contribution in [0.1, 0.15) is 93.0 Å². The number of piperidine rings is 1. The van der Waals surface area contributed by atoms with E-state index in [1.54, 1.807) is 57.8 Å². The molecule has 0 bridgehead atoms. The van der Waals surface area contributed by atoms with Gasteiger partial charge in [-0.25, -0.2) is 13.8 Å². The number of anilines is 3. The molecule has 17 nitrogen and oxygen atoms in total. The van der Waals surface area contributed by atoms with E-state index in [1.807, 2.05) is 4.68 Å². The predicted octanol–water partition coefficient (Wildman–Crippen LogP) is 4.40. The fourth-order valence-electron chi connectivity index (χ4n) is 9.00. The first-order valence-corrected chi connectivity index (χ1v) is 20.8. The third kappa shape index (κ3) is 7.55. The molecule has 4 aliphatic heterocycles. The lowest BCUT2D eigenvalue weighted by atomic mass is 9.95. The van der Waals surface area contributed by atoms with Gasteiger partial charge in [-0.05, 0) is 55.2 Å². The normalized spacial score (nSPS) is 17.9. The molecule has 19 heteroatoms. The van der Waals surface area contributed by atoms with E-state index in [1.165, 1.54) is 31.5 Å². The molecule has 1 unspecified atom stereocenters. The molecule has 7 heterocycles. The fourth-order valence-corrected chi connectivity index (χ4v) is 9.00. The standard InChI is InChI=1S/C44H44F2N10O7/c1-24(57)53-16-10-34-32(23-53)40(51-56(34)25-11-18-63-19-12-25)52(2)26-6-7-27(30(20-26)39(45)46)29-21-36-48-15-17-54(36)22-31(29)41(59)49-14-13-47-33-5-3-4-28-38(33)44(62)55(43(28)61)35-8-9-37(58)50-42(35)60/h3-7,15,17,20-22,25,35,39,47H,8-14,16,18-19,23H2,1-2H3,(H,49,59)(H,50,58,60). The van der Waals surface area contributed by atoms with E-state index in [2.05, 4.69) is 20.9 Å². The Morgan fingerprint density at radius 2 is 1.79 bits per heavy atom. The van der Waals surface area contributed by atoms with Crippen molar-refractivity contribution in [3.63, 3.8) is 0 Å². The van der Waals surface area contributed by atoms with Gasteiger partial charge in [-0.15, -0.1) is 0 Å². The topological polar surface area (TPSA) is 193 Å². The molecule has 0 aliphatic carbocycles. The minimum atomic E-state index is -2.93. The largest absolute Gasteiger partial charge is 0.383 e. The number of halogens is 2. The molecule has 326 valence electrons. The predicted molar refractivity (Wildman–Crippen MR) is 224 cm³/mol. The lowest BCUT2D eigenvalue weighted by molar-refractivity contribution is -0.136. The molecule has 3 N–H and O–H groups in total. The highest BCUT2D eigenvalue weighted by Gasteiger charge is 2.45. The highest BCUT2D eigenvalue weighted by atomic mass is 19.3. The Balaban J connectivity index is 0.960. The molecule has 0 spiro atoms. The summed E-state index contributed by atoms with van der Waals surface area (Å²) >= 11 is 0. The van der Waals surface area contributed by atoms with E-state index in [0.29, 0.717) is 55.6 Å². The number of nitrogens with one attached hydrogen (secondary N) is 3. The van der Waals surface area contributed by atoms with Gasteiger partial charge in [-0.2, -0.15) is 5.10 Å². The van der Waals surface area contributed by atoms with Gasteiger partial charge in [0.1, 0.15) is 11.7 Å². The monoisotopic (exact) mass is 862 g/mol. The summed E-state index contributed by atoms with van der Waals surface area (Å²) in [5.74, 6) is -2.55. The summed E-state index contributed by atoms with van der Waals surface area (Å²) < 4.78 is 39.7. The first-order chi connectivity index (χ1) is 30.4. The second-order valence-corrected chi connectivity index (χ2v) is 16.0. The molecule has 0 saturated carbocycles. The van der Waals surface area contributed by atoms with E-state index >= 15 is 8.78 Å². The average molecular weight is 863 g/mol. The molecule has 2 fully saturated rings. The van der Waals surface area contributed by atoms with Crippen LogP contribution in [0.25, 0.3) is 16.8 Å². The van der Waals surface area contributed by atoms with Crippen LogP contribution < -0.4 is 20.9 Å². The smallest absolute Gasteiger partial charge is 0.264 e. The maximum atomic E-state index is 15.2. The summed E-state index contributed by atoms with van der Waals surface area (Å²) in [7, 11) is 1.77. The number of carbonyl (C=O) groups excluding carboxylic acids is 6. The average Bonchev–Trinajstić information content (AvgIpc) is 3.98. The number of hydrogen-bond acceptors (Lipinski definition) is 11. The van der Waals surface area contributed by atoms with Gasteiger partial charge in [0, 0.05) is 112 Å². The van der Waals surface area contributed by atoms with Crippen LogP contribution in [0.15, 0.2) is 61.1 Å². The SMILES string of the molecule is CC(=O)N1CCc2c(c(N(C)c3ccc(-c4cc5nccn5cc4C(=O)NCCNc4cccc5c4C(=O)N(C4CCC(=O)NC4=O)C5=O)c(C(F)F)c3)nn2C2CCOCC2)C1. The number of aromatic nitrogens is 4. The molecule has 2 saturated heterocycles. The van der Waals surface area contributed by atoms with Crippen LogP contribution in [0.4, 0.5) is 26.0 Å². The Morgan fingerprint density at radius 3 is 2.56 bits per heavy atom. The summed E-state index contributed by atoms with van der Waals surface area (Å²) in [6, 6.07) is 9.93. The van der Waals surface area contributed by atoms with Crippen LogP contribution in [0, 0.1) is 0 Å². The maximum Gasteiger partial charge on any atom is 0.264 e. The van der Waals surface area contributed by atoms with Crippen LogP contribution in [0.5, 0.6) is 0 Å². The van der Waals surface area contributed by atoms with Crippen molar-refractivity contribution in [2.24, 2.45) is 0 Å². The molecule has 6 amide bonds. The van der Waals surface area contributed by atoms with Crippen LogP contribution in [0.3, 0.4) is 0 Å². The minimum Gasteiger partial charge on any atom is -0.383 e. The number of amides is 6. The molecular weight excluding hydrogens is 819 g/mol. The van der Waals surface area contributed by atoms with Crippen molar-refractivity contribution >= 4 is 58.3 Å². The Morgan fingerprint density at radius 1 is 0.984 bits per heavy atom. The first kappa shape index (κ1) is 41.3. The van der Waals surface area contributed by atoms with Crippen molar-refractivity contribution in [2.75, 3.05) is 50.1 Å². The second-order valence-electron chi connectivity index (χ2n) is 16.0. The Kier molecular flexibility index (Phi) is 10.9. The van der Waals surface area contributed by atoms with Crippen molar-refractivity contribution in [1.29, 1.82) is 0 Å². The van der Waals surface area contributed by atoms with Crippen molar-refractivity contribution in [3.05, 3.63) is 94.6 Å². The molecular formula is C44H44F2N10O7. The minimum absolute atomic E-state index is 0.00892. The molecule has 4 aliphatic rings. The van der Waals surface area contributed by atoms with Crippen LogP contribution >= 0.6 is 0 Å². The zero-order chi connectivity index (χ0) is 44.1. The first-order valence-electron chi connectivity index (χ1n) is 20.8. The summed E-state index contributed by atoms with van der Waals surface area (Å²) in [5.41, 5.74) is 3.45. The molecule has 2 aromatic carbocycles. The van der Waals surface area contributed by atoms with Gasteiger partial charge in [0.05, 0.1) is 29.3 Å². The van der Waals surface area contributed by atoms with Gasteiger partial charge >= 0.3 is 0 Å². The number of nitrogens with zero attached hydrogens (tertiary/aromatic N) is 7. The van der Waals surface area contributed by atoms with Gasteiger partial charge in [-0.1, -0.05) is 12.1 Å². The molecule has 9 rings (SSSR count). The third-order valence-electron chi connectivity index (χ3n) is 12.3. The van der Waals surface area contributed by atoms with Crippen molar-refractivity contribution in [3.8, 4) is 11.1 Å². The zero-order valence-corrected chi connectivity index (χ0v) is 34.5. The number of rotatable bonds is 11. The summed E-state index contributed by atoms with van der Waals surface area (Å²) in [4.78, 5) is 86.3. The number of imidazole rings is 1. The van der Waals surface area contributed by atoms with E-state index in [4.69, 9.17) is 9.84 Å². The van der Waals surface area contributed by atoms with E-state index < -0.39 is 42.0 Å². The number of fused-ring (bicyclic) bond motifs is 3. The molecule has 5 aromatic rings. The Hall–Kier alpha value is -7.02. The van der Waals surface area contributed by atoms with Crippen molar-refractivity contribution in [2.45, 2.75) is 64.1 Å². The van der Waals surface area contributed by atoms with Gasteiger partial charge in [0.15, 0.2) is 5.82 Å². The van der Waals surface area contributed by atoms with Gasteiger partial charge < -0.3 is 29.6 Å². The lowest BCUT2D eigenvalue weighted by Gasteiger charge is -2.29. The number of imide groups is 2. The molecule has 1 atom stereocenters. The van der Waals surface area contributed by atoms with Gasteiger partial charge in [-0.3, -0.25) is 43.7 Å². The van der Waals surface area contributed by atoms with E-state index in [0.717, 1.165) is 29.0 Å². The molecule has 0 radical (unpaired) electrons. The van der Waals surface area contributed by atoms with Crippen molar-refractivity contribution in [1.82, 2.24) is 39.6 Å². The zero-order valence-electron chi connectivity index (χ0n) is 34.5. The quantitative estimate of drug-likeness (QED) is 0.126. The highest BCUT2D eigenvalue weighted by Crippen LogP contribution is 2.40. The number of carbonyl (C=O) groups is 6. The second kappa shape index (κ2) is 16.7. The van der Waals surface area contributed by atoms with E-state index in [9.17, 15) is 28.8 Å². The summed E-state index contributed by atoms with van der Waals surface area (Å²) in [6.07, 6.45) is 3.98. The highest BCUT2D eigenvalue weighted by molar-refractivity contribution is 6.25. The Bertz CT molecular complexity index is 2710. The molecule has 3 aromatic heterocycles. The summed E-state index contributed by atoms with van der Waals surface area (Å²) in [5, 5.41) is 13.2. The summed E-state index contributed by atoms with van der Waals surface area (Å²) in [6.45, 7) is 3.79. The number of pyridine rings is 1. The lowest BCUT2D eigenvalue weighted by Crippen LogP contribution is -2.54. The van der Waals surface area contributed by atoms with Crippen LogP contribution in [-0.2, 0) is 32.1 Å². The van der Waals surface area contributed by atoms with Gasteiger partial charge in [0.25, 0.3) is 24.1 Å². The maximum absolute atomic E-state index is 15.2. The number of hydrogen-bond donors (Lipinski definition) is 3.